The van der Waals surface area contributed by atoms with E-state index in [0.29, 0.717) is 11.2 Å². The number of aliphatic carboxylic acids is 1. The summed E-state index contributed by atoms with van der Waals surface area (Å²) in [4.78, 5) is 26.6. The second kappa shape index (κ2) is 3.62. The Morgan fingerprint density at radius 3 is 2.80 bits per heavy atom. The molecular weight excluding hydrogens is 216 g/mol. The van der Waals surface area contributed by atoms with Gasteiger partial charge in [-0.15, -0.1) is 11.3 Å². The maximum Gasteiger partial charge on any atom is 0.307 e. The highest BCUT2D eigenvalue weighted by Crippen LogP contribution is 2.39. The van der Waals surface area contributed by atoms with E-state index in [9.17, 15) is 9.59 Å². The van der Waals surface area contributed by atoms with Gasteiger partial charge in [0.05, 0.1) is 11.8 Å². The second-order valence-electron chi connectivity index (χ2n) is 3.53. The Hall–Kier alpha value is -1.43. The summed E-state index contributed by atoms with van der Waals surface area (Å²) in [6.45, 7) is 0. The van der Waals surface area contributed by atoms with E-state index in [1.165, 1.54) is 11.3 Å². The van der Waals surface area contributed by atoms with Gasteiger partial charge in [0, 0.05) is 18.6 Å². The number of hydrogen-bond donors (Lipinski definition) is 1. The molecule has 0 saturated heterocycles. The number of amides is 1. The van der Waals surface area contributed by atoms with Crippen LogP contribution in [0.1, 0.15) is 6.42 Å². The summed E-state index contributed by atoms with van der Waals surface area (Å²) >= 11 is 1.36. The Morgan fingerprint density at radius 1 is 1.60 bits per heavy atom. The number of aryl methyl sites for hydroxylation is 1. The van der Waals surface area contributed by atoms with Crippen molar-refractivity contribution in [2.45, 2.75) is 6.42 Å². The van der Waals surface area contributed by atoms with Gasteiger partial charge in [0.1, 0.15) is 0 Å². The molecular formula is C9H10N2O3S. The standard InChI is InChI=1S/C9H10N2O3S/c1-11-2-3-15-9(11)10-7(12)5-4-6(5)8(13)14/h2-3,5-6H,4H2,1H3,(H,13,14)/t5-,6+/m1/s1. The number of hydrogen-bond acceptors (Lipinski definition) is 3. The minimum absolute atomic E-state index is 0.319. The van der Waals surface area contributed by atoms with Gasteiger partial charge in [-0.05, 0) is 6.42 Å². The Labute approximate surface area is 89.7 Å². The predicted molar refractivity (Wildman–Crippen MR) is 53.1 cm³/mol. The second-order valence-corrected chi connectivity index (χ2v) is 4.41. The molecule has 0 bridgehead atoms. The summed E-state index contributed by atoms with van der Waals surface area (Å²) in [5.41, 5.74) is 0. The lowest BCUT2D eigenvalue weighted by atomic mass is 10.3. The monoisotopic (exact) mass is 226 g/mol. The van der Waals surface area contributed by atoms with E-state index < -0.39 is 17.8 Å². The summed E-state index contributed by atoms with van der Waals surface area (Å²) < 4.78 is 1.74. The highest BCUT2D eigenvalue weighted by Gasteiger charge is 2.48. The van der Waals surface area contributed by atoms with Crippen LogP contribution in [0.3, 0.4) is 0 Å². The van der Waals surface area contributed by atoms with Crippen LogP contribution in [0.5, 0.6) is 0 Å². The number of aromatic nitrogens is 1. The van der Waals surface area contributed by atoms with Crippen molar-refractivity contribution in [1.82, 2.24) is 4.57 Å². The van der Waals surface area contributed by atoms with Crippen LogP contribution in [0.15, 0.2) is 16.6 Å². The van der Waals surface area contributed by atoms with Gasteiger partial charge in [0.25, 0.3) is 5.91 Å². The Bertz CT molecular complexity index is 474. The molecule has 2 rings (SSSR count). The number of carbonyl (C=O) groups excluding carboxylic acids is 1. The zero-order chi connectivity index (χ0) is 11.0. The minimum Gasteiger partial charge on any atom is -0.481 e. The van der Waals surface area contributed by atoms with Crippen molar-refractivity contribution < 1.29 is 14.7 Å². The quantitative estimate of drug-likeness (QED) is 0.785. The van der Waals surface area contributed by atoms with E-state index >= 15 is 0 Å². The molecule has 1 aromatic rings. The first kappa shape index (κ1) is 10.1. The molecule has 5 nitrogen and oxygen atoms in total. The maximum atomic E-state index is 11.5. The summed E-state index contributed by atoms with van der Waals surface area (Å²) in [6, 6.07) is 0. The highest BCUT2D eigenvalue weighted by atomic mass is 32.1. The van der Waals surface area contributed by atoms with Crippen LogP contribution >= 0.6 is 11.3 Å². The molecule has 80 valence electrons. The topological polar surface area (TPSA) is 71.7 Å². The molecule has 2 atom stereocenters. The molecule has 1 amide bonds. The third-order valence-electron chi connectivity index (χ3n) is 2.39. The number of thiazole rings is 1. The number of nitrogens with zero attached hydrogens (tertiary/aromatic N) is 2. The fraction of sp³-hybridized carbons (Fsp3) is 0.444. The molecule has 1 aliphatic carbocycles. The molecule has 1 heterocycles. The average molecular weight is 226 g/mol. The van der Waals surface area contributed by atoms with E-state index in [-0.39, 0.29) is 5.91 Å². The number of rotatable bonds is 2. The van der Waals surface area contributed by atoms with Crippen LogP contribution in [-0.2, 0) is 16.6 Å². The smallest absolute Gasteiger partial charge is 0.307 e. The van der Waals surface area contributed by atoms with Crippen molar-refractivity contribution in [2.75, 3.05) is 0 Å². The van der Waals surface area contributed by atoms with Gasteiger partial charge in [0.15, 0.2) is 4.80 Å². The van der Waals surface area contributed by atoms with Gasteiger partial charge in [-0.3, -0.25) is 9.59 Å². The van der Waals surface area contributed by atoms with Gasteiger partial charge >= 0.3 is 5.97 Å². The summed E-state index contributed by atoms with van der Waals surface area (Å²) in [6.07, 6.45) is 2.23. The Morgan fingerprint density at radius 2 is 2.33 bits per heavy atom. The molecule has 6 heteroatoms. The van der Waals surface area contributed by atoms with Crippen LogP contribution < -0.4 is 4.80 Å². The zero-order valence-electron chi connectivity index (χ0n) is 8.08. The van der Waals surface area contributed by atoms with Gasteiger partial charge in [-0.2, -0.15) is 4.99 Å². The van der Waals surface area contributed by atoms with Gasteiger partial charge in [-0.1, -0.05) is 0 Å². The summed E-state index contributed by atoms with van der Waals surface area (Å²) in [5, 5.41) is 10.5. The molecule has 0 unspecified atom stereocenters. The van der Waals surface area contributed by atoms with E-state index in [1.54, 1.807) is 17.8 Å². The molecule has 15 heavy (non-hydrogen) atoms. The Kier molecular flexibility index (Phi) is 2.44. The third kappa shape index (κ3) is 1.99. The van der Waals surface area contributed by atoms with Crippen LogP contribution in [0, 0.1) is 11.8 Å². The first-order valence-corrected chi connectivity index (χ1v) is 5.39. The number of carboxylic acids is 1. The minimum atomic E-state index is -0.904. The maximum absolute atomic E-state index is 11.5. The molecule has 1 aliphatic rings. The average Bonchev–Trinajstić information content (AvgIpc) is 2.88. The summed E-state index contributed by atoms with van der Waals surface area (Å²) in [5.74, 6) is -2.16. The Balaban J connectivity index is 2.13. The van der Waals surface area contributed by atoms with Crippen LogP contribution in [0.4, 0.5) is 0 Å². The molecule has 1 saturated carbocycles. The van der Waals surface area contributed by atoms with Crippen molar-refractivity contribution in [3.05, 3.63) is 16.4 Å². The largest absolute Gasteiger partial charge is 0.481 e. The molecule has 0 radical (unpaired) electrons. The predicted octanol–water partition coefficient (Wildman–Crippen LogP) is 0.235. The molecule has 1 N–H and O–H groups in total. The van der Waals surface area contributed by atoms with Crippen molar-refractivity contribution in [3.8, 4) is 0 Å². The zero-order valence-corrected chi connectivity index (χ0v) is 8.90. The van der Waals surface area contributed by atoms with Crippen molar-refractivity contribution >= 4 is 23.2 Å². The highest BCUT2D eigenvalue weighted by molar-refractivity contribution is 7.07. The summed E-state index contributed by atoms with van der Waals surface area (Å²) in [7, 11) is 1.80. The van der Waals surface area contributed by atoms with E-state index in [4.69, 9.17) is 5.11 Å². The van der Waals surface area contributed by atoms with Crippen molar-refractivity contribution in [1.29, 1.82) is 0 Å². The number of carboxylic acid groups (broad SMARTS) is 1. The van der Waals surface area contributed by atoms with Crippen molar-refractivity contribution in [2.24, 2.45) is 23.9 Å². The first-order chi connectivity index (χ1) is 7.09. The normalized spacial score (nSPS) is 25.3. The van der Waals surface area contributed by atoms with Crippen LogP contribution in [-0.4, -0.2) is 21.6 Å². The lowest BCUT2D eigenvalue weighted by Crippen LogP contribution is -2.14. The molecule has 1 aromatic heterocycles. The molecule has 0 aliphatic heterocycles. The van der Waals surface area contributed by atoms with Crippen LogP contribution in [0.25, 0.3) is 0 Å². The lowest BCUT2D eigenvalue weighted by Gasteiger charge is -1.90. The van der Waals surface area contributed by atoms with E-state index in [2.05, 4.69) is 4.99 Å². The SMILES string of the molecule is Cn1ccsc1=NC(=O)[C@@H]1C[C@@H]1C(=O)O. The molecule has 0 spiro atoms. The van der Waals surface area contributed by atoms with Gasteiger partial charge < -0.3 is 9.67 Å². The molecule has 0 aromatic carbocycles. The lowest BCUT2D eigenvalue weighted by molar-refractivity contribution is -0.139. The third-order valence-corrected chi connectivity index (χ3v) is 3.24. The van der Waals surface area contributed by atoms with Crippen molar-refractivity contribution in [3.63, 3.8) is 0 Å². The van der Waals surface area contributed by atoms with Gasteiger partial charge in [0.2, 0.25) is 0 Å². The van der Waals surface area contributed by atoms with E-state index in [0.717, 1.165) is 0 Å². The van der Waals surface area contributed by atoms with Crippen LogP contribution in [0.2, 0.25) is 0 Å². The fourth-order valence-corrected chi connectivity index (χ4v) is 2.09. The molecule has 1 fully saturated rings. The van der Waals surface area contributed by atoms with E-state index in [1.807, 2.05) is 5.38 Å². The number of carbonyl (C=O) groups is 2. The fourth-order valence-electron chi connectivity index (χ4n) is 1.35. The first-order valence-electron chi connectivity index (χ1n) is 4.51. The van der Waals surface area contributed by atoms with Gasteiger partial charge in [-0.25, -0.2) is 0 Å².